The molecular weight excluding hydrogens is 320 g/mol. The van der Waals surface area contributed by atoms with Gasteiger partial charge < -0.3 is 9.64 Å². The maximum absolute atomic E-state index is 11.9. The SMILES string of the molecule is CCN(CC)CCOCCNS(=O)(=O)c1ccc(Cl)s1. The lowest BCUT2D eigenvalue weighted by Crippen LogP contribution is -2.30. The van der Waals surface area contributed by atoms with Crippen LogP contribution in [0.2, 0.25) is 4.34 Å². The van der Waals surface area contributed by atoms with Crippen molar-refractivity contribution >= 4 is 33.0 Å². The Labute approximate surface area is 129 Å². The van der Waals surface area contributed by atoms with Crippen molar-refractivity contribution < 1.29 is 13.2 Å². The van der Waals surface area contributed by atoms with E-state index in [1.54, 1.807) is 6.07 Å². The standard InChI is InChI=1S/C12H21ClN2O3S2/c1-3-15(4-2)8-10-18-9-7-14-20(16,17)12-6-5-11(13)19-12/h5-6,14H,3-4,7-10H2,1-2H3. The summed E-state index contributed by atoms with van der Waals surface area (Å²) in [6, 6.07) is 3.07. The number of sulfonamides is 1. The molecule has 0 aliphatic carbocycles. The second-order valence-corrected chi connectivity index (χ2v) is 7.80. The number of thiophene rings is 1. The summed E-state index contributed by atoms with van der Waals surface area (Å²) in [6.45, 7) is 8.27. The van der Waals surface area contributed by atoms with Gasteiger partial charge in [-0.1, -0.05) is 25.4 Å². The van der Waals surface area contributed by atoms with E-state index in [0.29, 0.717) is 17.6 Å². The van der Waals surface area contributed by atoms with Gasteiger partial charge in [-0.05, 0) is 25.2 Å². The largest absolute Gasteiger partial charge is 0.379 e. The number of rotatable bonds is 10. The molecule has 0 atom stereocenters. The summed E-state index contributed by atoms with van der Waals surface area (Å²) < 4.78 is 32.3. The Bertz CT molecular complexity index is 487. The average Bonchev–Trinajstić information content (AvgIpc) is 2.85. The monoisotopic (exact) mass is 340 g/mol. The third-order valence-corrected chi connectivity index (χ3v) is 5.98. The summed E-state index contributed by atoms with van der Waals surface area (Å²) in [7, 11) is -3.46. The Morgan fingerprint density at radius 3 is 2.55 bits per heavy atom. The van der Waals surface area contributed by atoms with Crippen LogP contribution in [0, 0.1) is 0 Å². The van der Waals surface area contributed by atoms with Crippen molar-refractivity contribution in [3.63, 3.8) is 0 Å². The van der Waals surface area contributed by atoms with E-state index in [0.717, 1.165) is 31.0 Å². The lowest BCUT2D eigenvalue weighted by Gasteiger charge is -2.17. The fourth-order valence-corrected chi connectivity index (χ4v) is 4.14. The van der Waals surface area contributed by atoms with Crippen LogP contribution in [0.1, 0.15) is 13.8 Å². The van der Waals surface area contributed by atoms with Gasteiger partial charge in [0.15, 0.2) is 0 Å². The number of nitrogens with zero attached hydrogens (tertiary/aromatic N) is 1. The molecule has 0 unspecified atom stereocenters. The normalized spacial score (nSPS) is 12.2. The zero-order valence-corrected chi connectivity index (χ0v) is 14.2. The first-order valence-corrected chi connectivity index (χ1v) is 9.22. The molecule has 1 heterocycles. The highest BCUT2D eigenvalue weighted by molar-refractivity contribution is 7.91. The van der Waals surface area contributed by atoms with E-state index >= 15 is 0 Å². The van der Waals surface area contributed by atoms with Gasteiger partial charge in [0.1, 0.15) is 4.21 Å². The number of likely N-dealkylation sites (N-methyl/N-ethyl adjacent to an activating group) is 1. The Morgan fingerprint density at radius 1 is 1.30 bits per heavy atom. The van der Waals surface area contributed by atoms with Crippen LogP contribution in [-0.2, 0) is 14.8 Å². The molecular formula is C12H21ClN2O3S2. The van der Waals surface area contributed by atoms with Crippen LogP contribution < -0.4 is 4.72 Å². The molecule has 8 heteroatoms. The van der Waals surface area contributed by atoms with Gasteiger partial charge in [-0.3, -0.25) is 0 Å². The first-order valence-electron chi connectivity index (χ1n) is 6.54. The first kappa shape index (κ1) is 17.9. The molecule has 0 radical (unpaired) electrons. The van der Waals surface area contributed by atoms with Crippen molar-refractivity contribution in [2.24, 2.45) is 0 Å². The number of hydrogen-bond donors (Lipinski definition) is 1. The van der Waals surface area contributed by atoms with Gasteiger partial charge in [0, 0.05) is 13.1 Å². The molecule has 20 heavy (non-hydrogen) atoms. The molecule has 5 nitrogen and oxygen atoms in total. The van der Waals surface area contributed by atoms with Gasteiger partial charge in [0.25, 0.3) is 0 Å². The van der Waals surface area contributed by atoms with Crippen molar-refractivity contribution in [2.75, 3.05) is 39.4 Å². The summed E-state index contributed by atoms with van der Waals surface area (Å²) in [6.07, 6.45) is 0. The molecule has 1 N–H and O–H groups in total. The predicted molar refractivity (Wildman–Crippen MR) is 83.1 cm³/mol. The second kappa shape index (κ2) is 8.96. The quantitative estimate of drug-likeness (QED) is 0.662. The summed E-state index contributed by atoms with van der Waals surface area (Å²) in [4.78, 5) is 2.25. The van der Waals surface area contributed by atoms with Crippen molar-refractivity contribution in [3.8, 4) is 0 Å². The Kier molecular flexibility index (Phi) is 8.01. The van der Waals surface area contributed by atoms with E-state index in [1.807, 2.05) is 0 Å². The van der Waals surface area contributed by atoms with Crippen LogP contribution in [0.5, 0.6) is 0 Å². The summed E-state index contributed by atoms with van der Waals surface area (Å²) in [5.74, 6) is 0. The van der Waals surface area contributed by atoms with Crippen LogP contribution in [0.3, 0.4) is 0 Å². The number of nitrogens with one attached hydrogen (secondary N) is 1. The highest BCUT2D eigenvalue weighted by atomic mass is 35.5. The maximum Gasteiger partial charge on any atom is 0.250 e. The molecule has 116 valence electrons. The molecule has 0 spiro atoms. The van der Waals surface area contributed by atoms with E-state index in [4.69, 9.17) is 16.3 Å². The topological polar surface area (TPSA) is 58.6 Å². The molecule has 1 aromatic heterocycles. The van der Waals surface area contributed by atoms with E-state index in [9.17, 15) is 8.42 Å². The van der Waals surface area contributed by atoms with Crippen molar-refractivity contribution in [2.45, 2.75) is 18.1 Å². The third kappa shape index (κ3) is 6.07. The lowest BCUT2D eigenvalue weighted by molar-refractivity contribution is 0.111. The smallest absolute Gasteiger partial charge is 0.250 e. The van der Waals surface area contributed by atoms with E-state index < -0.39 is 10.0 Å². The molecule has 0 amide bonds. The van der Waals surface area contributed by atoms with Gasteiger partial charge >= 0.3 is 0 Å². The van der Waals surface area contributed by atoms with Gasteiger partial charge in [0.2, 0.25) is 10.0 Å². The zero-order chi connectivity index (χ0) is 15.0. The van der Waals surface area contributed by atoms with Crippen LogP contribution in [0.4, 0.5) is 0 Å². The Hall–Kier alpha value is -0.180. The molecule has 0 aromatic carbocycles. The fraction of sp³-hybridized carbons (Fsp3) is 0.667. The molecule has 0 saturated heterocycles. The maximum atomic E-state index is 11.9. The third-order valence-electron chi connectivity index (χ3n) is 2.80. The van der Waals surface area contributed by atoms with Crippen LogP contribution in [-0.4, -0.2) is 52.7 Å². The van der Waals surface area contributed by atoms with E-state index in [-0.39, 0.29) is 10.8 Å². The predicted octanol–water partition coefficient (Wildman–Crippen LogP) is 2.04. The number of ether oxygens (including phenoxy) is 1. The van der Waals surface area contributed by atoms with Gasteiger partial charge in [-0.15, -0.1) is 11.3 Å². The highest BCUT2D eigenvalue weighted by Crippen LogP contribution is 2.25. The van der Waals surface area contributed by atoms with Crippen molar-refractivity contribution in [1.82, 2.24) is 9.62 Å². The molecule has 0 bridgehead atoms. The second-order valence-electron chi connectivity index (χ2n) is 4.10. The minimum Gasteiger partial charge on any atom is -0.379 e. The Morgan fingerprint density at radius 2 is 2.00 bits per heavy atom. The van der Waals surface area contributed by atoms with Crippen molar-refractivity contribution in [3.05, 3.63) is 16.5 Å². The molecule has 0 saturated carbocycles. The fourth-order valence-electron chi connectivity index (χ4n) is 1.60. The van der Waals surface area contributed by atoms with E-state index in [2.05, 4.69) is 23.5 Å². The number of hydrogen-bond acceptors (Lipinski definition) is 5. The van der Waals surface area contributed by atoms with Gasteiger partial charge in [-0.25, -0.2) is 13.1 Å². The zero-order valence-electron chi connectivity index (χ0n) is 11.8. The van der Waals surface area contributed by atoms with Crippen LogP contribution in [0.15, 0.2) is 16.3 Å². The molecule has 0 aliphatic rings. The average molecular weight is 341 g/mol. The molecule has 1 aromatic rings. The van der Waals surface area contributed by atoms with Gasteiger partial charge in [0.05, 0.1) is 17.6 Å². The van der Waals surface area contributed by atoms with E-state index in [1.165, 1.54) is 6.07 Å². The summed E-state index contributed by atoms with van der Waals surface area (Å²) in [5, 5.41) is 0. The summed E-state index contributed by atoms with van der Waals surface area (Å²) in [5.41, 5.74) is 0. The van der Waals surface area contributed by atoms with Crippen LogP contribution >= 0.6 is 22.9 Å². The van der Waals surface area contributed by atoms with Crippen molar-refractivity contribution in [1.29, 1.82) is 0 Å². The molecule has 0 aliphatic heterocycles. The minimum absolute atomic E-state index is 0.227. The molecule has 1 rings (SSSR count). The minimum atomic E-state index is -3.46. The van der Waals surface area contributed by atoms with Crippen LogP contribution in [0.25, 0.3) is 0 Å². The Balaban J connectivity index is 2.21. The van der Waals surface area contributed by atoms with Gasteiger partial charge in [-0.2, -0.15) is 0 Å². The number of halogens is 1. The lowest BCUT2D eigenvalue weighted by atomic mass is 10.5. The first-order chi connectivity index (χ1) is 9.49. The molecule has 0 fully saturated rings. The highest BCUT2D eigenvalue weighted by Gasteiger charge is 2.15. The summed E-state index contributed by atoms with van der Waals surface area (Å²) >= 11 is 6.76.